The van der Waals surface area contributed by atoms with Crippen LogP contribution in [0.15, 0.2) is 42.7 Å². The highest BCUT2D eigenvalue weighted by Gasteiger charge is 2.15. The molecule has 2 aromatic heterocycles. The van der Waals surface area contributed by atoms with Crippen molar-refractivity contribution in [3.63, 3.8) is 0 Å². The lowest BCUT2D eigenvalue weighted by atomic mass is 10.1. The van der Waals surface area contributed by atoms with Crippen molar-refractivity contribution >= 4 is 17.5 Å². The first-order chi connectivity index (χ1) is 12.0. The van der Waals surface area contributed by atoms with Crippen molar-refractivity contribution in [2.24, 2.45) is 0 Å². The van der Waals surface area contributed by atoms with Crippen LogP contribution in [0.3, 0.4) is 0 Å². The van der Waals surface area contributed by atoms with Gasteiger partial charge in [0, 0.05) is 12.3 Å². The van der Waals surface area contributed by atoms with Crippen molar-refractivity contribution in [3.8, 4) is 11.4 Å². The predicted octanol–water partition coefficient (Wildman–Crippen LogP) is 3.33. The fourth-order valence-corrected chi connectivity index (χ4v) is 2.52. The Morgan fingerprint density at radius 1 is 1.24 bits per heavy atom. The molecule has 128 valence electrons. The summed E-state index contributed by atoms with van der Waals surface area (Å²) in [5, 5.41) is 17.1. The van der Waals surface area contributed by atoms with Crippen LogP contribution in [0.1, 0.15) is 21.6 Å². The van der Waals surface area contributed by atoms with E-state index in [4.69, 9.17) is 4.74 Å². The van der Waals surface area contributed by atoms with Gasteiger partial charge in [0.1, 0.15) is 11.6 Å². The highest BCUT2D eigenvalue weighted by Crippen LogP contribution is 2.27. The molecule has 0 radical (unpaired) electrons. The number of aromatic nitrogens is 3. The molecule has 0 unspecified atom stereocenters. The van der Waals surface area contributed by atoms with Gasteiger partial charge in [-0.25, -0.2) is 9.48 Å². The third kappa shape index (κ3) is 3.30. The van der Waals surface area contributed by atoms with Gasteiger partial charge in [0.25, 0.3) is 0 Å². The Balaban J connectivity index is 2.06. The summed E-state index contributed by atoms with van der Waals surface area (Å²) >= 11 is 0. The molecule has 1 aromatic carbocycles. The number of carboxylic acids is 1. The van der Waals surface area contributed by atoms with Gasteiger partial charge in [-0.15, -0.1) is 0 Å². The number of nitrogens with zero attached hydrogens (tertiary/aromatic N) is 3. The quantitative estimate of drug-likeness (QED) is 0.742. The van der Waals surface area contributed by atoms with Crippen molar-refractivity contribution in [3.05, 3.63) is 59.5 Å². The summed E-state index contributed by atoms with van der Waals surface area (Å²) in [6.07, 6.45) is 3.44. The summed E-state index contributed by atoms with van der Waals surface area (Å²) in [5.74, 6) is 0.0961. The van der Waals surface area contributed by atoms with Gasteiger partial charge in [-0.3, -0.25) is 4.98 Å². The molecule has 0 saturated heterocycles. The van der Waals surface area contributed by atoms with Gasteiger partial charge in [-0.1, -0.05) is 0 Å². The number of aromatic carboxylic acids is 1. The van der Waals surface area contributed by atoms with Crippen LogP contribution in [-0.2, 0) is 0 Å². The standard InChI is InChI=1S/C18H18N4O3/c1-11-6-7-19-10-16(11)22-17(8-12(2)21-22)20-15-5-4-13(25-3)9-14(15)18(23)24/h4-10,20H,1-3H3,(H,23,24). The lowest BCUT2D eigenvalue weighted by Gasteiger charge is -2.13. The second kappa shape index (κ2) is 6.64. The minimum absolute atomic E-state index is 0.118. The van der Waals surface area contributed by atoms with Gasteiger partial charge < -0.3 is 15.2 Å². The summed E-state index contributed by atoms with van der Waals surface area (Å²) in [6.45, 7) is 3.84. The molecule has 0 aliphatic carbocycles. The van der Waals surface area contributed by atoms with Crippen LogP contribution in [0.4, 0.5) is 11.5 Å². The zero-order valence-corrected chi connectivity index (χ0v) is 14.1. The molecular formula is C18H18N4O3. The van der Waals surface area contributed by atoms with E-state index in [0.717, 1.165) is 16.9 Å². The SMILES string of the molecule is COc1ccc(Nc2cc(C)nn2-c2cnccc2C)c(C(=O)O)c1. The van der Waals surface area contributed by atoms with Crippen LogP contribution in [0.25, 0.3) is 5.69 Å². The Hall–Kier alpha value is -3.35. The minimum Gasteiger partial charge on any atom is -0.497 e. The summed E-state index contributed by atoms with van der Waals surface area (Å²) in [6, 6.07) is 8.60. The maximum absolute atomic E-state index is 11.6. The van der Waals surface area contributed by atoms with Crippen LogP contribution < -0.4 is 10.1 Å². The molecule has 3 rings (SSSR count). The van der Waals surface area contributed by atoms with Crippen molar-refractivity contribution < 1.29 is 14.6 Å². The fraction of sp³-hybridized carbons (Fsp3) is 0.167. The molecule has 0 atom stereocenters. The molecule has 7 nitrogen and oxygen atoms in total. The molecule has 0 aliphatic heterocycles. The Morgan fingerprint density at radius 2 is 2.04 bits per heavy atom. The predicted molar refractivity (Wildman–Crippen MR) is 94.1 cm³/mol. The van der Waals surface area contributed by atoms with Crippen LogP contribution in [0.2, 0.25) is 0 Å². The molecule has 0 saturated carbocycles. The van der Waals surface area contributed by atoms with Gasteiger partial charge in [0.15, 0.2) is 0 Å². The molecule has 2 heterocycles. The highest BCUT2D eigenvalue weighted by atomic mass is 16.5. The first-order valence-corrected chi connectivity index (χ1v) is 7.65. The summed E-state index contributed by atoms with van der Waals surface area (Å²) < 4.78 is 6.82. The topological polar surface area (TPSA) is 89.3 Å². The normalized spacial score (nSPS) is 10.5. The molecule has 0 bridgehead atoms. The van der Waals surface area contributed by atoms with Gasteiger partial charge in [-0.05, 0) is 43.7 Å². The molecule has 0 aliphatic rings. The van der Waals surface area contributed by atoms with E-state index in [2.05, 4.69) is 15.4 Å². The molecule has 0 amide bonds. The molecular weight excluding hydrogens is 320 g/mol. The average Bonchev–Trinajstić information content (AvgIpc) is 2.95. The molecule has 0 fully saturated rings. The van der Waals surface area contributed by atoms with Crippen molar-refractivity contribution in [2.75, 3.05) is 12.4 Å². The van der Waals surface area contributed by atoms with E-state index in [1.54, 1.807) is 29.2 Å². The van der Waals surface area contributed by atoms with Crippen molar-refractivity contribution in [1.82, 2.24) is 14.8 Å². The summed E-state index contributed by atoms with van der Waals surface area (Å²) in [7, 11) is 1.50. The monoisotopic (exact) mass is 338 g/mol. The Bertz CT molecular complexity index is 934. The van der Waals surface area contributed by atoms with E-state index in [1.807, 2.05) is 26.0 Å². The number of benzene rings is 1. The van der Waals surface area contributed by atoms with Crippen LogP contribution in [-0.4, -0.2) is 33.0 Å². The van der Waals surface area contributed by atoms with E-state index in [0.29, 0.717) is 17.3 Å². The highest BCUT2D eigenvalue weighted by molar-refractivity contribution is 5.95. The fourth-order valence-electron chi connectivity index (χ4n) is 2.52. The largest absolute Gasteiger partial charge is 0.497 e. The molecule has 25 heavy (non-hydrogen) atoms. The molecule has 2 N–H and O–H groups in total. The van der Waals surface area contributed by atoms with E-state index in [9.17, 15) is 9.90 Å². The number of pyridine rings is 1. The summed E-state index contributed by atoms with van der Waals surface area (Å²) in [5.41, 5.74) is 3.21. The molecule has 7 heteroatoms. The number of hydrogen-bond acceptors (Lipinski definition) is 5. The Morgan fingerprint density at radius 3 is 2.72 bits per heavy atom. The second-order valence-corrected chi connectivity index (χ2v) is 5.59. The number of ether oxygens (including phenoxy) is 1. The second-order valence-electron chi connectivity index (χ2n) is 5.59. The lowest BCUT2D eigenvalue weighted by molar-refractivity contribution is 0.0697. The maximum atomic E-state index is 11.6. The first kappa shape index (κ1) is 16.5. The van der Waals surface area contributed by atoms with Crippen molar-refractivity contribution in [2.45, 2.75) is 13.8 Å². The third-order valence-electron chi connectivity index (χ3n) is 3.79. The zero-order valence-electron chi connectivity index (χ0n) is 14.1. The molecule has 0 spiro atoms. The third-order valence-corrected chi connectivity index (χ3v) is 3.79. The van der Waals surface area contributed by atoms with Gasteiger partial charge in [0.05, 0.1) is 35.9 Å². The lowest BCUT2D eigenvalue weighted by Crippen LogP contribution is -2.08. The number of carboxylic acid groups (broad SMARTS) is 1. The van der Waals surface area contributed by atoms with Crippen LogP contribution in [0, 0.1) is 13.8 Å². The average molecular weight is 338 g/mol. The van der Waals surface area contributed by atoms with E-state index in [-0.39, 0.29) is 5.56 Å². The van der Waals surface area contributed by atoms with Crippen LogP contribution >= 0.6 is 0 Å². The van der Waals surface area contributed by atoms with Crippen LogP contribution in [0.5, 0.6) is 5.75 Å². The number of aryl methyl sites for hydroxylation is 2. The maximum Gasteiger partial charge on any atom is 0.337 e. The molecule has 3 aromatic rings. The summed E-state index contributed by atoms with van der Waals surface area (Å²) in [4.78, 5) is 15.7. The van der Waals surface area contributed by atoms with E-state index >= 15 is 0 Å². The number of carbonyl (C=O) groups is 1. The number of rotatable bonds is 5. The van der Waals surface area contributed by atoms with Gasteiger partial charge in [0.2, 0.25) is 0 Å². The Labute approximate surface area is 144 Å². The first-order valence-electron chi connectivity index (χ1n) is 7.65. The van der Waals surface area contributed by atoms with Gasteiger partial charge in [-0.2, -0.15) is 5.10 Å². The number of methoxy groups -OCH3 is 1. The van der Waals surface area contributed by atoms with E-state index in [1.165, 1.54) is 13.2 Å². The number of hydrogen-bond donors (Lipinski definition) is 2. The van der Waals surface area contributed by atoms with E-state index < -0.39 is 5.97 Å². The smallest absolute Gasteiger partial charge is 0.337 e. The number of nitrogens with one attached hydrogen (secondary N) is 1. The Kier molecular flexibility index (Phi) is 4.38. The van der Waals surface area contributed by atoms with Crippen molar-refractivity contribution in [1.29, 1.82) is 0 Å². The zero-order chi connectivity index (χ0) is 18.0. The minimum atomic E-state index is -1.04. The van der Waals surface area contributed by atoms with Gasteiger partial charge >= 0.3 is 5.97 Å². The number of anilines is 2.